The van der Waals surface area contributed by atoms with Crippen molar-refractivity contribution in [2.24, 2.45) is 0 Å². The molecule has 0 spiro atoms. The monoisotopic (exact) mass is 493 g/mol. The third kappa shape index (κ3) is 7.81. The van der Waals surface area contributed by atoms with E-state index in [2.05, 4.69) is 59.9 Å². The summed E-state index contributed by atoms with van der Waals surface area (Å²) < 4.78 is 4.53. The number of hydrogen-bond acceptors (Lipinski definition) is 6. The lowest BCUT2D eigenvalue weighted by Crippen LogP contribution is -2.62. The highest BCUT2D eigenvalue weighted by atomic mass is 35.5. The van der Waals surface area contributed by atoms with Crippen molar-refractivity contribution in [1.29, 1.82) is 0 Å². The van der Waals surface area contributed by atoms with Crippen molar-refractivity contribution < 1.29 is 0 Å². The van der Waals surface area contributed by atoms with E-state index in [1.165, 1.54) is 11.5 Å². The molecule has 1 aromatic heterocycles. The summed E-state index contributed by atoms with van der Waals surface area (Å²) >= 11 is 7.59. The summed E-state index contributed by atoms with van der Waals surface area (Å²) in [5, 5.41) is 12.4. The fourth-order valence-electron chi connectivity index (χ4n) is 4.36. The van der Waals surface area contributed by atoms with Gasteiger partial charge in [0.2, 0.25) is 5.13 Å². The number of nitrogens with one attached hydrogen (secondary N) is 3. The molecule has 9 heteroatoms. The average Bonchev–Trinajstić information content (AvgIpc) is 2.94. The van der Waals surface area contributed by atoms with E-state index in [1.54, 1.807) is 0 Å². The first-order chi connectivity index (χ1) is 13.0. The van der Waals surface area contributed by atoms with E-state index in [-0.39, 0.29) is 35.9 Å². The van der Waals surface area contributed by atoms with Gasteiger partial charge < -0.3 is 16.0 Å². The Hall–Kier alpha value is -0.630. The molecular weight excluding hydrogens is 461 g/mol. The lowest BCUT2D eigenvalue weighted by molar-refractivity contribution is 0.140. The van der Waals surface area contributed by atoms with Crippen LogP contribution in [0, 0.1) is 6.92 Å². The quantitative estimate of drug-likeness (QED) is 0.465. The summed E-state index contributed by atoms with van der Waals surface area (Å²) in [4.78, 5) is 4.65. The smallest absolute Gasteiger partial charge is 0.207 e. The van der Waals surface area contributed by atoms with Gasteiger partial charge in [-0.05, 0) is 72.1 Å². The molecule has 1 atom stereocenters. The molecule has 0 saturated carbocycles. The van der Waals surface area contributed by atoms with Gasteiger partial charge in [0.25, 0.3) is 0 Å². The maximum Gasteiger partial charge on any atom is 0.207 e. The average molecular weight is 495 g/mol. The van der Waals surface area contributed by atoms with Crippen LogP contribution in [-0.2, 0) is 6.42 Å². The zero-order valence-corrected chi connectivity index (χ0v) is 21.7. The van der Waals surface area contributed by atoms with Gasteiger partial charge >= 0.3 is 0 Å². The molecule has 0 aliphatic carbocycles. The number of anilines is 2. The van der Waals surface area contributed by atoms with Gasteiger partial charge in [-0.25, -0.2) is 4.98 Å². The topological polar surface area (TPSA) is 61.9 Å². The van der Waals surface area contributed by atoms with Gasteiger partial charge in [0.15, 0.2) is 0 Å². The Morgan fingerprint density at radius 1 is 1.20 bits per heavy atom. The lowest BCUT2D eigenvalue weighted by Gasteiger charge is -2.47. The Bertz CT molecular complexity index is 809. The molecule has 2 aromatic rings. The SMILES string of the molecule is Cc1ccc(Nc2nc(CC(C)NC3CC(C)(C)NC(C)(C)C3)ns2)cc1Cl.Cl.Cl. The second-order valence-electron chi connectivity index (χ2n) is 9.37. The van der Waals surface area contributed by atoms with Crippen molar-refractivity contribution in [1.82, 2.24) is 20.0 Å². The summed E-state index contributed by atoms with van der Waals surface area (Å²) in [7, 11) is 0. The molecule has 5 nitrogen and oxygen atoms in total. The molecule has 3 rings (SSSR count). The summed E-state index contributed by atoms with van der Waals surface area (Å²) in [5.41, 5.74) is 2.28. The van der Waals surface area contributed by atoms with E-state index in [0.29, 0.717) is 12.1 Å². The molecule has 0 radical (unpaired) electrons. The Morgan fingerprint density at radius 2 is 1.83 bits per heavy atom. The number of nitrogens with zero attached hydrogens (tertiary/aromatic N) is 2. The number of aromatic nitrogens is 2. The van der Waals surface area contributed by atoms with Gasteiger partial charge in [0.05, 0.1) is 0 Å². The summed E-state index contributed by atoms with van der Waals surface area (Å²) in [5.74, 6) is 0.873. The van der Waals surface area contributed by atoms with Crippen LogP contribution in [0.2, 0.25) is 5.02 Å². The molecule has 2 heterocycles. The van der Waals surface area contributed by atoms with E-state index in [1.807, 2.05) is 25.1 Å². The predicted molar refractivity (Wildman–Crippen MR) is 134 cm³/mol. The number of benzene rings is 1. The van der Waals surface area contributed by atoms with Gasteiger partial charge in [0, 0.05) is 51.8 Å². The van der Waals surface area contributed by atoms with E-state index in [0.717, 1.165) is 46.5 Å². The molecule has 170 valence electrons. The highest BCUT2D eigenvalue weighted by Crippen LogP contribution is 2.29. The molecule has 3 N–H and O–H groups in total. The molecule has 1 saturated heterocycles. The van der Waals surface area contributed by atoms with E-state index < -0.39 is 0 Å². The highest BCUT2D eigenvalue weighted by molar-refractivity contribution is 7.09. The number of hydrogen-bond donors (Lipinski definition) is 3. The van der Waals surface area contributed by atoms with Gasteiger partial charge in [-0.2, -0.15) is 4.37 Å². The standard InChI is InChI=1S/C21H32ClN5S.2ClH/c1-13-7-8-15(10-17(13)22)24-19-25-18(26-28-19)9-14(2)23-16-11-20(3,4)27-21(5,6)12-16;;/h7-8,10,14,16,23,27H,9,11-12H2,1-6H3,(H,24,25,26);2*1H. The van der Waals surface area contributed by atoms with Gasteiger partial charge in [0.1, 0.15) is 5.82 Å². The van der Waals surface area contributed by atoms with Crippen LogP contribution in [0.1, 0.15) is 58.8 Å². The summed E-state index contributed by atoms with van der Waals surface area (Å²) in [6.07, 6.45) is 3.05. The number of rotatable bonds is 6. The summed E-state index contributed by atoms with van der Waals surface area (Å²) in [6.45, 7) is 13.3. The first-order valence-corrected chi connectivity index (χ1v) is 11.1. The third-order valence-electron chi connectivity index (χ3n) is 5.09. The molecule has 0 bridgehead atoms. The Labute approximate surface area is 202 Å². The molecular formula is C21H34Cl3N5S. The molecule has 1 unspecified atom stereocenters. The van der Waals surface area contributed by atoms with Crippen LogP contribution in [0.4, 0.5) is 10.8 Å². The van der Waals surface area contributed by atoms with Crippen LogP contribution < -0.4 is 16.0 Å². The zero-order valence-electron chi connectivity index (χ0n) is 18.5. The van der Waals surface area contributed by atoms with E-state index >= 15 is 0 Å². The maximum atomic E-state index is 6.20. The second kappa shape index (κ2) is 10.8. The summed E-state index contributed by atoms with van der Waals surface area (Å²) in [6, 6.07) is 6.74. The molecule has 0 amide bonds. The maximum absolute atomic E-state index is 6.20. The van der Waals surface area contributed by atoms with Gasteiger partial charge in [-0.15, -0.1) is 24.8 Å². The Morgan fingerprint density at radius 3 is 2.43 bits per heavy atom. The first-order valence-electron chi connectivity index (χ1n) is 9.92. The molecule has 1 aliphatic rings. The second-order valence-corrected chi connectivity index (χ2v) is 10.5. The number of aryl methyl sites for hydroxylation is 1. The van der Waals surface area contributed by atoms with Gasteiger partial charge in [-0.1, -0.05) is 17.7 Å². The fraction of sp³-hybridized carbons (Fsp3) is 0.619. The largest absolute Gasteiger partial charge is 0.330 e. The Balaban J connectivity index is 0.00000225. The van der Waals surface area contributed by atoms with Crippen LogP contribution in [-0.4, -0.2) is 32.5 Å². The molecule has 1 aliphatic heterocycles. The fourth-order valence-corrected chi connectivity index (χ4v) is 5.15. The predicted octanol–water partition coefficient (Wildman–Crippen LogP) is 5.92. The van der Waals surface area contributed by atoms with Crippen LogP contribution >= 0.6 is 47.9 Å². The lowest BCUT2D eigenvalue weighted by atomic mass is 9.79. The van der Waals surface area contributed by atoms with Crippen molar-refractivity contribution in [3.05, 3.63) is 34.6 Å². The van der Waals surface area contributed by atoms with Gasteiger partial charge in [-0.3, -0.25) is 0 Å². The number of piperidine rings is 1. The van der Waals surface area contributed by atoms with E-state index in [9.17, 15) is 0 Å². The van der Waals surface area contributed by atoms with Crippen molar-refractivity contribution >= 4 is 58.8 Å². The van der Waals surface area contributed by atoms with Crippen molar-refractivity contribution in [2.45, 2.75) is 84.0 Å². The van der Waals surface area contributed by atoms with Crippen molar-refractivity contribution in [2.75, 3.05) is 5.32 Å². The van der Waals surface area contributed by atoms with Crippen LogP contribution in [0.25, 0.3) is 0 Å². The Kier molecular flexibility index (Phi) is 9.86. The third-order valence-corrected chi connectivity index (χ3v) is 6.17. The minimum absolute atomic E-state index is 0. The van der Waals surface area contributed by atoms with E-state index in [4.69, 9.17) is 11.6 Å². The minimum atomic E-state index is 0. The zero-order chi connectivity index (χ0) is 20.5. The molecule has 1 aromatic carbocycles. The first kappa shape index (κ1) is 27.4. The highest BCUT2D eigenvalue weighted by Gasteiger charge is 2.37. The molecule has 30 heavy (non-hydrogen) atoms. The van der Waals surface area contributed by atoms with Crippen LogP contribution in [0.15, 0.2) is 18.2 Å². The molecule has 1 fully saturated rings. The van der Waals surface area contributed by atoms with Crippen molar-refractivity contribution in [3.8, 4) is 0 Å². The van der Waals surface area contributed by atoms with Crippen LogP contribution in [0.5, 0.6) is 0 Å². The van der Waals surface area contributed by atoms with Crippen LogP contribution in [0.3, 0.4) is 0 Å². The normalized spacial score (nSPS) is 18.8. The van der Waals surface area contributed by atoms with Crippen molar-refractivity contribution in [3.63, 3.8) is 0 Å². The minimum Gasteiger partial charge on any atom is -0.330 e. The number of halogens is 3.